The van der Waals surface area contributed by atoms with E-state index in [-0.39, 0.29) is 11.7 Å². The van der Waals surface area contributed by atoms with Crippen LogP contribution >= 0.6 is 0 Å². The largest absolute Gasteiger partial charge is 0.497 e. The molecule has 4 nitrogen and oxygen atoms in total. The monoisotopic (exact) mass is 253 g/mol. The molecule has 1 amide bonds. The molecule has 0 atom stereocenters. The standard InChI is InChI=1S/C13H16FNO3/c1-18-10-2-3-11(12(14)6-10)13(17)15-7-8-4-9(16)5-8/h2-3,6,8-9,16H,4-5,7H2,1H3,(H,15,17). The maximum atomic E-state index is 13.6. The summed E-state index contributed by atoms with van der Waals surface area (Å²) in [4.78, 5) is 11.7. The summed E-state index contributed by atoms with van der Waals surface area (Å²) in [5, 5.41) is 11.8. The minimum atomic E-state index is -0.597. The number of methoxy groups -OCH3 is 1. The van der Waals surface area contributed by atoms with Gasteiger partial charge in [0.2, 0.25) is 0 Å². The highest BCUT2D eigenvalue weighted by Crippen LogP contribution is 2.26. The second kappa shape index (κ2) is 5.35. The fourth-order valence-electron chi connectivity index (χ4n) is 2.01. The average Bonchev–Trinajstić information content (AvgIpc) is 2.32. The van der Waals surface area contributed by atoms with Crippen LogP contribution in [0.4, 0.5) is 4.39 Å². The van der Waals surface area contributed by atoms with E-state index in [1.807, 2.05) is 0 Å². The first-order chi connectivity index (χ1) is 8.60. The van der Waals surface area contributed by atoms with E-state index in [4.69, 9.17) is 9.84 Å². The molecule has 1 saturated carbocycles. The van der Waals surface area contributed by atoms with Crippen molar-refractivity contribution in [3.8, 4) is 5.75 Å². The van der Waals surface area contributed by atoms with Gasteiger partial charge in [0.15, 0.2) is 0 Å². The summed E-state index contributed by atoms with van der Waals surface area (Å²) in [6.45, 7) is 0.474. The molecule has 1 aromatic carbocycles. The first-order valence-electron chi connectivity index (χ1n) is 5.90. The molecule has 5 heteroatoms. The van der Waals surface area contributed by atoms with Gasteiger partial charge in [-0.2, -0.15) is 0 Å². The second-order valence-corrected chi connectivity index (χ2v) is 4.55. The molecule has 0 radical (unpaired) electrons. The highest BCUT2D eigenvalue weighted by Gasteiger charge is 2.27. The number of hydrogen-bond donors (Lipinski definition) is 2. The summed E-state index contributed by atoms with van der Waals surface area (Å²) in [6.07, 6.45) is 1.15. The van der Waals surface area contributed by atoms with Gasteiger partial charge in [0.25, 0.3) is 5.91 Å². The molecule has 18 heavy (non-hydrogen) atoms. The zero-order valence-electron chi connectivity index (χ0n) is 10.1. The third kappa shape index (κ3) is 2.79. The number of aliphatic hydroxyl groups is 1. The van der Waals surface area contributed by atoms with Crippen LogP contribution in [0, 0.1) is 11.7 Å². The van der Waals surface area contributed by atoms with Crippen molar-refractivity contribution in [1.29, 1.82) is 0 Å². The Hall–Kier alpha value is -1.62. The van der Waals surface area contributed by atoms with Gasteiger partial charge in [-0.15, -0.1) is 0 Å². The van der Waals surface area contributed by atoms with Crippen molar-refractivity contribution >= 4 is 5.91 Å². The molecule has 0 saturated heterocycles. The molecular formula is C13H16FNO3. The minimum absolute atomic E-state index is 0.00988. The Morgan fingerprint density at radius 3 is 2.83 bits per heavy atom. The lowest BCUT2D eigenvalue weighted by Gasteiger charge is -2.31. The first-order valence-corrected chi connectivity index (χ1v) is 5.90. The van der Waals surface area contributed by atoms with Crippen LogP contribution in [-0.4, -0.2) is 30.8 Å². The number of carbonyl (C=O) groups excluding carboxylic acids is 1. The molecule has 98 valence electrons. The Morgan fingerprint density at radius 1 is 1.56 bits per heavy atom. The third-order valence-electron chi connectivity index (χ3n) is 3.18. The molecule has 1 aromatic rings. The summed E-state index contributed by atoms with van der Waals surface area (Å²) in [6, 6.07) is 4.13. The van der Waals surface area contributed by atoms with Gasteiger partial charge < -0.3 is 15.2 Å². The van der Waals surface area contributed by atoms with Crippen molar-refractivity contribution in [2.24, 2.45) is 5.92 Å². The van der Waals surface area contributed by atoms with Crippen LogP contribution in [0.1, 0.15) is 23.2 Å². The lowest BCUT2D eigenvalue weighted by Crippen LogP contribution is -2.38. The Balaban J connectivity index is 1.92. The molecule has 0 aliphatic heterocycles. The average molecular weight is 253 g/mol. The van der Waals surface area contributed by atoms with E-state index in [0.717, 1.165) is 0 Å². The number of halogens is 1. The smallest absolute Gasteiger partial charge is 0.254 e. The molecule has 0 bridgehead atoms. The van der Waals surface area contributed by atoms with E-state index in [2.05, 4.69) is 5.32 Å². The molecule has 2 N–H and O–H groups in total. The Bertz CT molecular complexity index is 444. The fourth-order valence-corrected chi connectivity index (χ4v) is 2.01. The topological polar surface area (TPSA) is 58.6 Å². The van der Waals surface area contributed by atoms with E-state index in [9.17, 15) is 9.18 Å². The maximum absolute atomic E-state index is 13.6. The minimum Gasteiger partial charge on any atom is -0.497 e. The normalized spacial score (nSPS) is 22.2. The van der Waals surface area contributed by atoms with Crippen molar-refractivity contribution in [3.63, 3.8) is 0 Å². The number of amides is 1. The highest BCUT2D eigenvalue weighted by molar-refractivity contribution is 5.94. The molecule has 0 unspecified atom stereocenters. The summed E-state index contributed by atoms with van der Waals surface area (Å²) in [5.74, 6) is -0.353. The number of ether oxygens (including phenoxy) is 1. The SMILES string of the molecule is COc1ccc(C(=O)NCC2CC(O)C2)c(F)c1. The molecule has 1 aliphatic rings. The van der Waals surface area contributed by atoms with E-state index >= 15 is 0 Å². The van der Waals surface area contributed by atoms with Crippen molar-refractivity contribution in [1.82, 2.24) is 5.32 Å². The van der Waals surface area contributed by atoms with Gasteiger partial charge in [-0.3, -0.25) is 4.79 Å². The van der Waals surface area contributed by atoms with Crippen molar-refractivity contribution in [3.05, 3.63) is 29.6 Å². The summed E-state index contributed by atoms with van der Waals surface area (Å²) in [5.41, 5.74) is 0.00988. The zero-order chi connectivity index (χ0) is 13.1. The van der Waals surface area contributed by atoms with E-state index in [0.29, 0.717) is 31.1 Å². The van der Waals surface area contributed by atoms with Crippen LogP contribution in [0.15, 0.2) is 18.2 Å². The Kier molecular flexibility index (Phi) is 3.81. The predicted octanol–water partition coefficient (Wildman–Crippen LogP) is 1.34. The van der Waals surface area contributed by atoms with Gasteiger partial charge in [0.1, 0.15) is 11.6 Å². The molecule has 1 aliphatic carbocycles. The number of nitrogens with one attached hydrogen (secondary N) is 1. The van der Waals surface area contributed by atoms with Gasteiger partial charge in [0.05, 0.1) is 18.8 Å². The molecular weight excluding hydrogens is 237 g/mol. The van der Waals surface area contributed by atoms with Crippen molar-refractivity contribution in [2.75, 3.05) is 13.7 Å². The summed E-state index contributed by atoms with van der Waals surface area (Å²) >= 11 is 0. The number of hydrogen-bond acceptors (Lipinski definition) is 3. The lowest BCUT2D eigenvalue weighted by molar-refractivity contribution is 0.0420. The molecule has 1 fully saturated rings. The predicted molar refractivity (Wildman–Crippen MR) is 64.0 cm³/mol. The van der Waals surface area contributed by atoms with Crippen LogP contribution in [0.25, 0.3) is 0 Å². The molecule has 2 rings (SSSR count). The van der Waals surface area contributed by atoms with Gasteiger partial charge in [0, 0.05) is 12.6 Å². The first kappa shape index (κ1) is 12.8. The Labute approximate surface area is 105 Å². The number of aliphatic hydroxyl groups excluding tert-OH is 1. The quantitative estimate of drug-likeness (QED) is 0.851. The van der Waals surface area contributed by atoms with Crippen molar-refractivity contribution < 1.29 is 19.0 Å². The third-order valence-corrected chi connectivity index (χ3v) is 3.18. The maximum Gasteiger partial charge on any atom is 0.254 e. The molecule has 0 heterocycles. The Morgan fingerprint density at radius 2 is 2.28 bits per heavy atom. The molecule has 0 spiro atoms. The summed E-state index contributed by atoms with van der Waals surface area (Å²) < 4.78 is 18.5. The van der Waals surface area contributed by atoms with Crippen LogP contribution in [-0.2, 0) is 0 Å². The fraction of sp³-hybridized carbons (Fsp3) is 0.462. The van der Waals surface area contributed by atoms with Crippen molar-refractivity contribution in [2.45, 2.75) is 18.9 Å². The van der Waals surface area contributed by atoms with Gasteiger partial charge >= 0.3 is 0 Å². The van der Waals surface area contributed by atoms with E-state index in [1.165, 1.54) is 19.2 Å². The molecule has 0 aromatic heterocycles. The van der Waals surface area contributed by atoms with Crippen LogP contribution < -0.4 is 10.1 Å². The second-order valence-electron chi connectivity index (χ2n) is 4.55. The lowest BCUT2D eigenvalue weighted by atomic mass is 9.82. The summed E-state index contributed by atoms with van der Waals surface area (Å²) in [7, 11) is 1.44. The van der Waals surface area contributed by atoms with E-state index < -0.39 is 11.7 Å². The van der Waals surface area contributed by atoms with Gasteiger partial charge in [-0.05, 0) is 30.9 Å². The number of benzene rings is 1. The van der Waals surface area contributed by atoms with Crippen LogP contribution in [0.2, 0.25) is 0 Å². The van der Waals surface area contributed by atoms with Crippen LogP contribution in [0.5, 0.6) is 5.75 Å². The van der Waals surface area contributed by atoms with Gasteiger partial charge in [-0.1, -0.05) is 0 Å². The van der Waals surface area contributed by atoms with E-state index in [1.54, 1.807) is 6.07 Å². The number of carbonyl (C=O) groups is 1. The van der Waals surface area contributed by atoms with Crippen LogP contribution in [0.3, 0.4) is 0 Å². The highest BCUT2D eigenvalue weighted by atomic mass is 19.1. The number of rotatable bonds is 4. The van der Waals surface area contributed by atoms with Gasteiger partial charge in [-0.25, -0.2) is 4.39 Å². The zero-order valence-corrected chi connectivity index (χ0v) is 10.1.